The standard InChI is InChI=1S/C15H23N3O3S/c1-15(2)9-18(6-4-11(15)16)8-12(19)17-10-5-7-22-13(10)14(20)21-3/h5,7,11H,4,6,8-9,16H2,1-3H3,(H,17,19). The van der Waals surface area contributed by atoms with Crippen molar-refractivity contribution in [1.29, 1.82) is 0 Å². The van der Waals surface area contributed by atoms with Gasteiger partial charge in [-0.3, -0.25) is 9.69 Å². The van der Waals surface area contributed by atoms with Crippen LogP contribution in [0.5, 0.6) is 0 Å². The van der Waals surface area contributed by atoms with Gasteiger partial charge in [-0.25, -0.2) is 4.79 Å². The third-order valence-electron chi connectivity index (χ3n) is 4.07. The quantitative estimate of drug-likeness (QED) is 0.820. The van der Waals surface area contributed by atoms with Gasteiger partial charge in [0.05, 0.1) is 19.3 Å². The monoisotopic (exact) mass is 325 g/mol. The van der Waals surface area contributed by atoms with E-state index in [1.54, 1.807) is 11.4 Å². The zero-order valence-corrected chi connectivity index (χ0v) is 14.0. The number of thiophene rings is 1. The molecule has 1 amide bonds. The Hall–Kier alpha value is -1.44. The van der Waals surface area contributed by atoms with Crippen LogP contribution in [-0.4, -0.2) is 49.6 Å². The number of amides is 1. The smallest absolute Gasteiger partial charge is 0.350 e. The number of hydrogen-bond acceptors (Lipinski definition) is 6. The summed E-state index contributed by atoms with van der Waals surface area (Å²) >= 11 is 1.25. The maximum Gasteiger partial charge on any atom is 0.350 e. The average molecular weight is 325 g/mol. The predicted octanol–water partition coefficient (Wildman–Crippen LogP) is 1.53. The molecule has 6 nitrogen and oxygen atoms in total. The fraction of sp³-hybridized carbons (Fsp3) is 0.600. The normalized spacial score (nSPS) is 21.4. The number of esters is 1. The highest BCUT2D eigenvalue weighted by Gasteiger charge is 2.34. The van der Waals surface area contributed by atoms with Gasteiger partial charge in [0.1, 0.15) is 4.88 Å². The molecule has 2 rings (SSSR count). The summed E-state index contributed by atoms with van der Waals surface area (Å²) in [6.07, 6.45) is 0.881. The van der Waals surface area contributed by atoms with Crippen LogP contribution < -0.4 is 11.1 Å². The van der Waals surface area contributed by atoms with Crippen LogP contribution in [0.25, 0.3) is 0 Å². The zero-order valence-electron chi connectivity index (χ0n) is 13.2. The molecule has 1 fully saturated rings. The van der Waals surface area contributed by atoms with Gasteiger partial charge in [0, 0.05) is 19.1 Å². The van der Waals surface area contributed by atoms with Crippen LogP contribution in [0.15, 0.2) is 11.4 Å². The first-order chi connectivity index (χ1) is 10.3. The Kier molecular flexibility index (Phi) is 5.20. The van der Waals surface area contributed by atoms with Crippen molar-refractivity contribution in [3.63, 3.8) is 0 Å². The molecule has 2 heterocycles. The van der Waals surface area contributed by atoms with Crippen LogP contribution in [0.3, 0.4) is 0 Å². The van der Waals surface area contributed by atoms with Crippen molar-refractivity contribution < 1.29 is 14.3 Å². The Morgan fingerprint density at radius 2 is 2.27 bits per heavy atom. The lowest BCUT2D eigenvalue weighted by atomic mass is 9.80. The topological polar surface area (TPSA) is 84.7 Å². The van der Waals surface area contributed by atoms with Gasteiger partial charge in [-0.15, -0.1) is 11.3 Å². The van der Waals surface area contributed by atoms with Gasteiger partial charge in [0.15, 0.2) is 0 Å². The molecule has 1 saturated heterocycles. The Labute approximate surface area is 134 Å². The highest BCUT2D eigenvalue weighted by Crippen LogP contribution is 2.28. The molecule has 0 radical (unpaired) electrons. The highest BCUT2D eigenvalue weighted by molar-refractivity contribution is 7.12. The minimum atomic E-state index is -0.435. The van der Waals surface area contributed by atoms with Gasteiger partial charge in [-0.2, -0.15) is 0 Å². The minimum absolute atomic E-state index is 0.00190. The number of likely N-dealkylation sites (tertiary alicyclic amines) is 1. The molecule has 1 unspecified atom stereocenters. The van der Waals surface area contributed by atoms with E-state index in [4.69, 9.17) is 10.5 Å². The first-order valence-electron chi connectivity index (χ1n) is 7.27. The SMILES string of the molecule is COC(=O)c1sccc1NC(=O)CN1CCC(N)C(C)(C)C1. The summed E-state index contributed by atoms with van der Waals surface area (Å²) in [7, 11) is 1.33. The molecule has 1 aliphatic rings. The number of nitrogens with one attached hydrogen (secondary N) is 1. The molecule has 1 atom stereocenters. The molecule has 7 heteroatoms. The number of carbonyl (C=O) groups is 2. The number of rotatable bonds is 4. The van der Waals surface area contributed by atoms with Crippen LogP contribution >= 0.6 is 11.3 Å². The molecule has 3 N–H and O–H groups in total. The van der Waals surface area contributed by atoms with Crippen molar-refractivity contribution in [2.45, 2.75) is 26.3 Å². The maximum absolute atomic E-state index is 12.2. The summed E-state index contributed by atoms with van der Waals surface area (Å²) in [4.78, 5) is 26.3. The Morgan fingerprint density at radius 1 is 1.55 bits per heavy atom. The molecule has 1 aromatic rings. The number of anilines is 1. The van der Waals surface area contributed by atoms with Gasteiger partial charge < -0.3 is 15.8 Å². The van der Waals surface area contributed by atoms with E-state index in [9.17, 15) is 9.59 Å². The third-order valence-corrected chi connectivity index (χ3v) is 4.96. The van der Waals surface area contributed by atoms with E-state index in [0.717, 1.165) is 19.5 Å². The maximum atomic E-state index is 12.2. The predicted molar refractivity (Wildman–Crippen MR) is 87.1 cm³/mol. The van der Waals surface area contributed by atoms with E-state index < -0.39 is 5.97 Å². The van der Waals surface area contributed by atoms with Gasteiger partial charge in [-0.1, -0.05) is 13.8 Å². The van der Waals surface area contributed by atoms with Crippen molar-refractivity contribution in [2.24, 2.45) is 11.1 Å². The van der Waals surface area contributed by atoms with E-state index in [0.29, 0.717) is 17.1 Å². The molecule has 0 spiro atoms. The van der Waals surface area contributed by atoms with Crippen molar-refractivity contribution in [1.82, 2.24) is 4.90 Å². The molecule has 122 valence electrons. The minimum Gasteiger partial charge on any atom is -0.465 e. The van der Waals surface area contributed by atoms with Crippen LogP contribution in [0.1, 0.15) is 29.9 Å². The van der Waals surface area contributed by atoms with Crippen molar-refractivity contribution in [3.05, 3.63) is 16.3 Å². The second kappa shape index (κ2) is 6.76. The van der Waals surface area contributed by atoms with E-state index in [-0.39, 0.29) is 17.4 Å². The second-order valence-corrected chi connectivity index (χ2v) is 7.21. The number of methoxy groups -OCH3 is 1. The van der Waals surface area contributed by atoms with Crippen molar-refractivity contribution >= 4 is 28.9 Å². The number of ether oxygens (including phenoxy) is 1. The lowest BCUT2D eigenvalue weighted by Gasteiger charge is -2.42. The van der Waals surface area contributed by atoms with Crippen LogP contribution in [0.4, 0.5) is 5.69 Å². The number of carbonyl (C=O) groups excluding carboxylic acids is 2. The molecule has 1 aromatic heterocycles. The van der Waals surface area contributed by atoms with E-state index >= 15 is 0 Å². The first kappa shape index (κ1) is 16.9. The fourth-order valence-electron chi connectivity index (χ4n) is 2.67. The lowest BCUT2D eigenvalue weighted by molar-refractivity contribution is -0.118. The molecule has 0 bridgehead atoms. The Balaban J connectivity index is 1.94. The summed E-state index contributed by atoms with van der Waals surface area (Å²) in [6, 6.07) is 1.87. The molecule has 0 aliphatic carbocycles. The van der Waals surface area contributed by atoms with Gasteiger partial charge in [-0.05, 0) is 23.3 Å². The largest absolute Gasteiger partial charge is 0.465 e. The molecule has 0 aromatic carbocycles. The number of nitrogens with two attached hydrogens (primary N) is 1. The van der Waals surface area contributed by atoms with E-state index in [2.05, 4.69) is 24.1 Å². The summed E-state index contributed by atoms with van der Waals surface area (Å²) in [5.74, 6) is -0.565. The second-order valence-electron chi connectivity index (χ2n) is 6.30. The number of hydrogen-bond donors (Lipinski definition) is 2. The molecular formula is C15H23N3O3S. The summed E-state index contributed by atoms with van der Waals surface area (Å²) < 4.78 is 4.70. The van der Waals surface area contributed by atoms with Crippen molar-refractivity contribution in [3.8, 4) is 0 Å². The van der Waals surface area contributed by atoms with Crippen LogP contribution in [0, 0.1) is 5.41 Å². The van der Waals surface area contributed by atoms with Crippen molar-refractivity contribution in [2.75, 3.05) is 32.1 Å². The first-order valence-corrected chi connectivity index (χ1v) is 8.15. The van der Waals surface area contributed by atoms with Crippen LogP contribution in [-0.2, 0) is 9.53 Å². The molecule has 1 aliphatic heterocycles. The summed E-state index contributed by atoms with van der Waals surface area (Å²) in [5.41, 5.74) is 6.61. The Morgan fingerprint density at radius 3 is 2.91 bits per heavy atom. The van der Waals surface area contributed by atoms with Gasteiger partial charge in [0.25, 0.3) is 0 Å². The van der Waals surface area contributed by atoms with E-state index in [1.165, 1.54) is 18.4 Å². The molecular weight excluding hydrogens is 302 g/mol. The average Bonchev–Trinajstić information content (AvgIpc) is 2.89. The molecule has 22 heavy (non-hydrogen) atoms. The summed E-state index contributed by atoms with van der Waals surface area (Å²) in [6.45, 7) is 6.14. The number of piperidine rings is 1. The third kappa shape index (κ3) is 3.85. The fourth-order valence-corrected chi connectivity index (χ4v) is 3.44. The number of nitrogens with zero attached hydrogens (tertiary/aromatic N) is 1. The van der Waals surface area contributed by atoms with Crippen LogP contribution in [0.2, 0.25) is 0 Å². The van der Waals surface area contributed by atoms with Gasteiger partial charge >= 0.3 is 5.97 Å². The summed E-state index contributed by atoms with van der Waals surface area (Å²) in [5, 5.41) is 4.54. The van der Waals surface area contributed by atoms with Gasteiger partial charge in [0.2, 0.25) is 5.91 Å². The zero-order chi connectivity index (χ0) is 16.3. The van der Waals surface area contributed by atoms with E-state index in [1.807, 2.05) is 0 Å². The lowest BCUT2D eigenvalue weighted by Crippen LogP contribution is -2.53. The Bertz CT molecular complexity index is 556. The highest BCUT2D eigenvalue weighted by atomic mass is 32.1. The molecule has 0 saturated carbocycles.